The number of carbonyl (C=O) groups is 1. The monoisotopic (exact) mass is 219 g/mol. The van der Waals surface area contributed by atoms with E-state index in [1.807, 2.05) is 37.5 Å². The molecule has 2 rings (SSSR count). The third kappa shape index (κ3) is 2.66. The van der Waals surface area contributed by atoms with Crippen molar-refractivity contribution in [1.82, 2.24) is 14.6 Å². The number of nitrogens with zero attached hydrogens (tertiary/aromatic N) is 3. The maximum absolute atomic E-state index is 9.44. The first-order valence-corrected chi connectivity index (χ1v) is 5.18. The molecule has 0 amide bonds. The molecule has 0 saturated heterocycles. The number of ketones is 1. The zero-order chi connectivity index (χ0) is 12.3. The summed E-state index contributed by atoms with van der Waals surface area (Å²) in [5.74, 6) is 0.167. The second-order valence-corrected chi connectivity index (χ2v) is 3.94. The molecule has 0 saturated carbocycles. The van der Waals surface area contributed by atoms with Crippen molar-refractivity contribution in [3.8, 4) is 0 Å². The average molecular weight is 219 g/mol. The molecule has 0 atom stereocenters. The van der Waals surface area contributed by atoms with Gasteiger partial charge in [-0.15, -0.1) is 0 Å². The number of aromatic nitrogens is 3. The molecule has 0 spiro atoms. The minimum Gasteiger partial charge on any atom is -0.300 e. The molecule has 2 aromatic rings. The first-order valence-electron chi connectivity index (χ1n) is 5.18. The highest BCUT2D eigenvalue weighted by Gasteiger charge is 2.05. The van der Waals surface area contributed by atoms with E-state index >= 15 is 0 Å². The molecule has 86 valence electrons. The summed E-state index contributed by atoms with van der Waals surface area (Å²) in [5, 5.41) is 4.37. The Morgan fingerprint density at radius 2 is 1.81 bits per heavy atom. The van der Waals surface area contributed by atoms with Gasteiger partial charge in [-0.2, -0.15) is 5.10 Å². The van der Waals surface area contributed by atoms with Crippen LogP contribution in [0.3, 0.4) is 0 Å². The van der Waals surface area contributed by atoms with Crippen molar-refractivity contribution in [3.05, 3.63) is 29.2 Å². The quantitative estimate of drug-likeness (QED) is 0.682. The second kappa shape index (κ2) is 4.88. The predicted octanol–water partition coefficient (Wildman–Crippen LogP) is 2.25. The number of rotatable bonds is 0. The Kier molecular flexibility index (Phi) is 3.77. The van der Waals surface area contributed by atoms with E-state index in [-0.39, 0.29) is 5.78 Å². The molecule has 2 heterocycles. The van der Waals surface area contributed by atoms with Crippen molar-refractivity contribution < 1.29 is 4.79 Å². The molecular weight excluding hydrogens is 202 g/mol. The van der Waals surface area contributed by atoms with E-state index in [0.717, 1.165) is 17.0 Å². The summed E-state index contributed by atoms with van der Waals surface area (Å²) >= 11 is 0. The van der Waals surface area contributed by atoms with Gasteiger partial charge in [0, 0.05) is 17.5 Å². The van der Waals surface area contributed by atoms with E-state index in [1.54, 1.807) is 0 Å². The summed E-state index contributed by atoms with van der Waals surface area (Å²) in [6.45, 7) is 9.13. The van der Waals surface area contributed by atoms with Gasteiger partial charge in [-0.3, -0.25) is 0 Å². The molecule has 16 heavy (non-hydrogen) atoms. The first-order chi connectivity index (χ1) is 7.43. The van der Waals surface area contributed by atoms with Crippen LogP contribution >= 0.6 is 0 Å². The fraction of sp³-hybridized carbons (Fsp3) is 0.417. The van der Waals surface area contributed by atoms with Gasteiger partial charge in [0.15, 0.2) is 5.65 Å². The van der Waals surface area contributed by atoms with Crippen LogP contribution in [-0.4, -0.2) is 20.4 Å². The molecule has 0 fully saturated rings. The fourth-order valence-electron chi connectivity index (χ4n) is 1.28. The van der Waals surface area contributed by atoms with Crippen molar-refractivity contribution in [3.63, 3.8) is 0 Å². The van der Waals surface area contributed by atoms with Crippen LogP contribution in [-0.2, 0) is 4.79 Å². The molecule has 0 bridgehead atoms. The molecular formula is C12H17N3O. The zero-order valence-electron chi connectivity index (χ0n) is 10.4. The third-order valence-corrected chi connectivity index (χ3v) is 2.18. The largest absolute Gasteiger partial charge is 0.300 e. The molecule has 0 N–H and O–H groups in total. The predicted molar refractivity (Wildman–Crippen MR) is 63.6 cm³/mol. The maximum atomic E-state index is 9.44. The van der Waals surface area contributed by atoms with Crippen LogP contribution in [0, 0.1) is 20.8 Å². The normalized spacial score (nSPS) is 9.81. The SMILES string of the molecule is CC(C)=O.Cc1nn2c(C)ccnc2c1C. The Morgan fingerprint density at radius 3 is 2.31 bits per heavy atom. The van der Waals surface area contributed by atoms with E-state index in [9.17, 15) is 4.79 Å². The van der Waals surface area contributed by atoms with E-state index < -0.39 is 0 Å². The number of hydrogen-bond donors (Lipinski definition) is 0. The lowest BCUT2D eigenvalue weighted by atomic mass is 10.3. The van der Waals surface area contributed by atoms with Gasteiger partial charge in [0.05, 0.1) is 5.69 Å². The van der Waals surface area contributed by atoms with Gasteiger partial charge in [0.25, 0.3) is 0 Å². The summed E-state index contributed by atoms with van der Waals surface area (Å²) in [4.78, 5) is 13.7. The van der Waals surface area contributed by atoms with E-state index in [1.165, 1.54) is 19.4 Å². The van der Waals surface area contributed by atoms with Gasteiger partial charge in [-0.05, 0) is 40.7 Å². The van der Waals surface area contributed by atoms with Crippen LogP contribution in [0.25, 0.3) is 5.65 Å². The van der Waals surface area contributed by atoms with Gasteiger partial charge in [0.2, 0.25) is 0 Å². The van der Waals surface area contributed by atoms with Gasteiger partial charge >= 0.3 is 0 Å². The maximum Gasteiger partial charge on any atom is 0.158 e. The lowest BCUT2D eigenvalue weighted by molar-refractivity contribution is -0.114. The number of carbonyl (C=O) groups excluding carboxylic acids is 1. The van der Waals surface area contributed by atoms with Gasteiger partial charge in [-0.1, -0.05) is 0 Å². The Morgan fingerprint density at radius 1 is 1.25 bits per heavy atom. The summed E-state index contributed by atoms with van der Waals surface area (Å²) in [6.07, 6.45) is 1.82. The molecule has 0 aliphatic carbocycles. The van der Waals surface area contributed by atoms with Crippen molar-refractivity contribution in [2.24, 2.45) is 0 Å². The van der Waals surface area contributed by atoms with Crippen LogP contribution in [0.1, 0.15) is 30.8 Å². The molecule has 0 aliphatic heterocycles. The lowest BCUT2D eigenvalue weighted by Crippen LogP contribution is -1.94. The minimum absolute atomic E-state index is 0.167. The molecule has 0 unspecified atom stereocenters. The van der Waals surface area contributed by atoms with Crippen LogP contribution in [0.5, 0.6) is 0 Å². The average Bonchev–Trinajstić information content (AvgIpc) is 2.45. The minimum atomic E-state index is 0.167. The third-order valence-electron chi connectivity index (χ3n) is 2.18. The van der Waals surface area contributed by atoms with Crippen molar-refractivity contribution >= 4 is 11.4 Å². The summed E-state index contributed by atoms with van der Waals surface area (Å²) in [6, 6.07) is 1.96. The smallest absolute Gasteiger partial charge is 0.158 e. The summed E-state index contributed by atoms with van der Waals surface area (Å²) in [7, 11) is 0. The van der Waals surface area contributed by atoms with Gasteiger partial charge in [0.1, 0.15) is 5.78 Å². The first kappa shape index (κ1) is 12.4. The number of fused-ring (bicyclic) bond motifs is 1. The zero-order valence-corrected chi connectivity index (χ0v) is 10.4. The van der Waals surface area contributed by atoms with E-state index in [0.29, 0.717) is 0 Å². The standard InChI is InChI=1S/C9H11N3.C3H6O/c1-6-4-5-10-9-7(2)8(3)11-12(6)9;1-3(2)4/h4-5H,1-3H3;1-2H3. The van der Waals surface area contributed by atoms with E-state index in [4.69, 9.17) is 0 Å². The molecule has 4 heteroatoms. The van der Waals surface area contributed by atoms with Gasteiger partial charge in [-0.25, -0.2) is 9.50 Å². The molecule has 0 aliphatic rings. The Balaban J connectivity index is 0.000000280. The highest BCUT2D eigenvalue weighted by Crippen LogP contribution is 2.11. The number of Topliss-reactive ketones (excluding diaryl/α,β-unsaturated/α-hetero) is 1. The van der Waals surface area contributed by atoms with Crippen LogP contribution in [0.4, 0.5) is 0 Å². The Hall–Kier alpha value is -1.71. The van der Waals surface area contributed by atoms with Crippen LogP contribution in [0.2, 0.25) is 0 Å². The second-order valence-electron chi connectivity index (χ2n) is 3.94. The Labute approximate surface area is 95.3 Å². The van der Waals surface area contributed by atoms with Crippen LogP contribution in [0.15, 0.2) is 12.3 Å². The number of aryl methyl sites for hydroxylation is 3. The number of hydrogen-bond acceptors (Lipinski definition) is 3. The van der Waals surface area contributed by atoms with Crippen molar-refractivity contribution in [1.29, 1.82) is 0 Å². The summed E-state index contributed by atoms with van der Waals surface area (Å²) in [5.41, 5.74) is 4.30. The van der Waals surface area contributed by atoms with Crippen molar-refractivity contribution in [2.45, 2.75) is 34.6 Å². The van der Waals surface area contributed by atoms with Crippen LogP contribution < -0.4 is 0 Å². The Bertz CT molecular complexity index is 510. The molecule has 0 radical (unpaired) electrons. The highest BCUT2D eigenvalue weighted by atomic mass is 16.1. The molecule has 4 nitrogen and oxygen atoms in total. The van der Waals surface area contributed by atoms with Crippen molar-refractivity contribution in [2.75, 3.05) is 0 Å². The lowest BCUT2D eigenvalue weighted by Gasteiger charge is -1.95. The summed E-state index contributed by atoms with van der Waals surface area (Å²) < 4.78 is 1.88. The topological polar surface area (TPSA) is 47.3 Å². The fourth-order valence-corrected chi connectivity index (χ4v) is 1.28. The molecule has 0 aromatic carbocycles. The highest BCUT2D eigenvalue weighted by molar-refractivity contribution is 5.72. The molecule has 2 aromatic heterocycles. The van der Waals surface area contributed by atoms with Gasteiger partial charge < -0.3 is 4.79 Å². The van der Waals surface area contributed by atoms with E-state index in [2.05, 4.69) is 10.1 Å².